The highest BCUT2D eigenvalue weighted by molar-refractivity contribution is 9.10. The molecule has 21 heavy (non-hydrogen) atoms. The van der Waals surface area contributed by atoms with E-state index in [0.717, 1.165) is 30.4 Å². The fourth-order valence-electron chi connectivity index (χ4n) is 2.75. The van der Waals surface area contributed by atoms with Gasteiger partial charge in [0.1, 0.15) is 5.69 Å². The minimum atomic E-state index is -0.0178. The maximum Gasteiger partial charge on any atom is 0.274 e. The lowest BCUT2D eigenvalue weighted by atomic mass is 9.89. The van der Waals surface area contributed by atoms with Gasteiger partial charge in [-0.2, -0.15) is 0 Å². The summed E-state index contributed by atoms with van der Waals surface area (Å²) in [5.74, 6) is 0.504. The third kappa shape index (κ3) is 3.29. The van der Waals surface area contributed by atoms with Crippen LogP contribution in [0.2, 0.25) is 0 Å². The molecule has 1 aliphatic heterocycles. The van der Waals surface area contributed by atoms with Gasteiger partial charge in [-0.15, -0.1) is 0 Å². The molecule has 0 aliphatic carbocycles. The van der Waals surface area contributed by atoms with Crippen molar-refractivity contribution in [3.63, 3.8) is 0 Å². The first-order valence-electron chi connectivity index (χ1n) is 7.05. The van der Waals surface area contributed by atoms with Crippen molar-refractivity contribution in [2.45, 2.75) is 18.8 Å². The second-order valence-electron chi connectivity index (χ2n) is 5.21. The number of benzene rings is 1. The maximum absolute atomic E-state index is 12.3. The van der Waals surface area contributed by atoms with E-state index in [4.69, 9.17) is 0 Å². The largest absolute Gasteiger partial charge is 0.337 e. The molecule has 4 nitrogen and oxygen atoms in total. The number of hydrogen-bond donors (Lipinski definition) is 0. The minimum absolute atomic E-state index is 0.0178. The van der Waals surface area contributed by atoms with Gasteiger partial charge in [0, 0.05) is 30.0 Å². The van der Waals surface area contributed by atoms with Gasteiger partial charge < -0.3 is 4.90 Å². The molecule has 0 unspecified atom stereocenters. The van der Waals surface area contributed by atoms with Gasteiger partial charge in [0.2, 0.25) is 0 Å². The number of amides is 1. The monoisotopic (exact) mass is 345 g/mol. The molecule has 1 amide bonds. The zero-order chi connectivity index (χ0) is 14.7. The Balaban J connectivity index is 1.64. The molecule has 0 saturated carbocycles. The van der Waals surface area contributed by atoms with Crippen LogP contribution in [0.3, 0.4) is 0 Å². The van der Waals surface area contributed by atoms with Gasteiger partial charge in [-0.05, 0) is 36.5 Å². The fourth-order valence-corrected chi connectivity index (χ4v) is 3.16. The number of carbonyl (C=O) groups is 1. The van der Waals surface area contributed by atoms with Gasteiger partial charge >= 0.3 is 0 Å². The zero-order valence-corrected chi connectivity index (χ0v) is 13.2. The Bertz CT molecular complexity index is 624. The van der Waals surface area contributed by atoms with Crippen LogP contribution in [-0.2, 0) is 0 Å². The van der Waals surface area contributed by atoms with Crippen LogP contribution in [0, 0.1) is 0 Å². The van der Waals surface area contributed by atoms with Gasteiger partial charge in [-0.25, -0.2) is 4.98 Å². The second-order valence-corrected chi connectivity index (χ2v) is 6.13. The van der Waals surface area contributed by atoms with E-state index >= 15 is 0 Å². The number of likely N-dealkylation sites (tertiary alicyclic amines) is 1. The summed E-state index contributed by atoms with van der Waals surface area (Å²) >= 11 is 3.51. The number of halogens is 1. The van der Waals surface area contributed by atoms with Crippen LogP contribution in [0.25, 0.3) is 0 Å². The first-order chi connectivity index (χ1) is 10.2. The van der Waals surface area contributed by atoms with Crippen molar-refractivity contribution >= 4 is 21.8 Å². The number of rotatable bonds is 2. The normalized spacial score (nSPS) is 16.0. The van der Waals surface area contributed by atoms with Crippen LogP contribution in [0.15, 0.2) is 47.3 Å². The first-order valence-corrected chi connectivity index (χ1v) is 7.84. The molecule has 3 rings (SSSR count). The predicted octanol–water partition coefficient (Wildman–Crippen LogP) is 3.26. The average Bonchev–Trinajstić information content (AvgIpc) is 2.55. The molecule has 108 valence electrons. The third-order valence-electron chi connectivity index (χ3n) is 3.88. The van der Waals surface area contributed by atoms with Crippen molar-refractivity contribution in [3.05, 3.63) is 58.6 Å². The van der Waals surface area contributed by atoms with Gasteiger partial charge in [0.25, 0.3) is 5.91 Å². The summed E-state index contributed by atoms with van der Waals surface area (Å²) in [7, 11) is 0. The van der Waals surface area contributed by atoms with E-state index in [-0.39, 0.29) is 5.91 Å². The molecule has 1 aromatic carbocycles. The molecule has 2 heterocycles. The fraction of sp³-hybridized carbons (Fsp3) is 0.312. The maximum atomic E-state index is 12.3. The Morgan fingerprint density at radius 1 is 1.24 bits per heavy atom. The molecule has 0 radical (unpaired) electrons. The lowest BCUT2D eigenvalue weighted by Gasteiger charge is -2.32. The molecule has 2 aromatic rings. The molecule has 5 heteroatoms. The average molecular weight is 346 g/mol. The molecule has 1 fully saturated rings. The smallest absolute Gasteiger partial charge is 0.274 e. The van der Waals surface area contributed by atoms with Crippen LogP contribution in [0.1, 0.15) is 34.8 Å². The quantitative estimate of drug-likeness (QED) is 0.839. The number of carbonyl (C=O) groups excluding carboxylic acids is 1. The van der Waals surface area contributed by atoms with E-state index in [1.807, 2.05) is 11.0 Å². The molecule has 0 N–H and O–H groups in total. The summed E-state index contributed by atoms with van der Waals surface area (Å²) in [5.41, 5.74) is 1.77. The van der Waals surface area contributed by atoms with Gasteiger partial charge in [0.05, 0.1) is 6.20 Å². The molecule has 0 atom stereocenters. The van der Waals surface area contributed by atoms with Crippen molar-refractivity contribution < 1.29 is 4.79 Å². The van der Waals surface area contributed by atoms with Crippen molar-refractivity contribution in [1.29, 1.82) is 0 Å². The van der Waals surface area contributed by atoms with E-state index < -0.39 is 0 Å². The van der Waals surface area contributed by atoms with Crippen LogP contribution in [0.4, 0.5) is 0 Å². The summed E-state index contributed by atoms with van der Waals surface area (Å²) in [6, 6.07) is 8.44. The van der Waals surface area contributed by atoms with Gasteiger partial charge in [-0.1, -0.05) is 28.1 Å². The number of aromatic nitrogens is 2. The zero-order valence-electron chi connectivity index (χ0n) is 11.6. The van der Waals surface area contributed by atoms with Crippen molar-refractivity contribution in [1.82, 2.24) is 14.9 Å². The highest BCUT2D eigenvalue weighted by atomic mass is 79.9. The second kappa shape index (κ2) is 6.35. The van der Waals surface area contributed by atoms with Crippen LogP contribution in [0.5, 0.6) is 0 Å². The Morgan fingerprint density at radius 2 is 2.05 bits per heavy atom. The molecule has 1 aliphatic rings. The molecule has 1 aromatic heterocycles. The molecule has 1 saturated heterocycles. The summed E-state index contributed by atoms with van der Waals surface area (Å²) < 4.78 is 1.11. The molecular formula is C16H16BrN3O. The Kier molecular flexibility index (Phi) is 4.29. The number of piperidine rings is 1. The van der Waals surface area contributed by atoms with E-state index in [0.29, 0.717) is 11.6 Å². The van der Waals surface area contributed by atoms with E-state index in [1.165, 1.54) is 11.8 Å². The van der Waals surface area contributed by atoms with Crippen LogP contribution in [-0.4, -0.2) is 33.9 Å². The first kappa shape index (κ1) is 14.2. The van der Waals surface area contributed by atoms with Gasteiger partial charge in [0.15, 0.2) is 0 Å². The third-order valence-corrected chi connectivity index (χ3v) is 4.38. The number of hydrogen-bond acceptors (Lipinski definition) is 3. The Labute approximate surface area is 132 Å². The van der Waals surface area contributed by atoms with Crippen molar-refractivity contribution in [2.75, 3.05) is 13.1 Å². The highest BCUT2D eigenvalue weighted by Gasteiger charge is 2.25. The lowest BCUT2D eigenvalue weighted by molar-refractivity contribution is 0.0706. The highest BCUT2D eigenvalue weighted by Crippen LogP contribution is 2.29. The lowest BCUT2D eigenvalue weighted by Crippen LogP contribution is -2.38. The van der Waals surface area contributed by atoms with Crippen molar-refractivity contribution in [3.8, 4) is 0 Å². The minimum Gasteiger partial charge on any atom is -0.337 e. The standard InChI is InChI=1S/C16H16BrN3O/c17-14-3-1-2-13(10-14)12-4-8-20(9-5-12)16(21)15-11-18-6-7-19-15/h1-3,6-7,10-12H,4-5,8-9H2. The summed E-state index contributed by atoms with van der Waals surface area (Å²) in [6.45, 7) is 1.54. The topological polar surface area (TPSA) is 46.1 Å². The van der Waals surface area contributed by atoms with Crippen LogP contribution >= 0.6 is 15.9 Å². The summed E-state index contributed by atoms with van der Waals surface area (Å²) in [4.78, 5) is 22.2. The van der Waals surface area contributed by atoms with E-state index in [2.05, 4.69) is 44.1 Å². The SMILES string of the molecule is O=C(c1cnccn1)N1CCC(c2cccc(Br)c2)CC1. The Hall–Kier alpha value is -1.75. The van der Waals surface area contributed by atoms with Gasteiger partial charge in [-0.3, -0.25) is 9.78 Å². The van der Waals surface area contributed by atoms with E-state index in [1.54, 1.807) is 12.4 Å². The molecular weight excluding hydrogens is 330 g/mol. The van der Waals surface area contributed by atoms with E-state index in [9.17, 15) is 4.79 Å². The summed E-state index contributed by atoms with van der Waals surface area (Å²) in [6.07, 6.45) is 6.64. The molecule has 0 bridgehead atoms. The summed E-state index contributed by atoms with van der Waals surface area (Å²) in [5, 5.41) is 0. The Morgan fingerprint density at radius 3 is 2.71 bits per heavy atom. The van der Waals surface area contributed by atoms with Crippen LogP contribution < -0.4 is 0 Å². The number of nitrogens with zero attached hydrogens (tertiary/aromatic N) is 3. The molecule has 0 spiro atoms. The predicted molar refractivity (Wildman–Crippen MR) is 84.1 cm³/mol. The van der Waals surface area contributed by atoms with Crippen molar-refractivity contribution in [2.24, 2.45) is 0 Å².